The molecule has 1 atom stereocenters. The number of aromatic nitrogens is 5. The molecule has 124 valence electrons. The Labute approximate surface area is 141 Å². The van der Waals surface area contributed by atoms with Gasteiger partial charge >= 0.3 is 0 Å². The van der Waals surface area contributed by atoms with Crippen LogP contribution in [0.2, 0.25) is 0 Å². The zero-order valence-corrected chi connectivity index (χ0v) is 13.9. The molecule has 0 radical (unpaired) electrons. The number of fused-ring (bicyclic) bond motifs is 1. The lowest BCUT2D eigenvalue weighted by molar-refractivity contribution is 0.373. The average Bonchev–Trinajstić information content (AvgIpc) is 3.27. The van der Waals surface area contributed by atoms with Crippen LogP contribution in [0.5, 0.6) is 0 Å². The molecule has 1 aliphatic heterocycles. The number of benzene rings is 1. The van der Waals surface area contributed by atoms with Crippen LogP contribution in [-0.4, -0.2) is 31.0 Å². The molecule has 0 unspecified atom stereocenters. The zero-order chi connectivity index (χ0) is 16.4. The van der Waals surface area contributed by atoms with Crippen molar-refractivity contribution in [2.45, 2.75) is 45.3 Å². The summed E-state index contributed by atoms with van der Waals surface area (Å²) in [5.41, 5.74) is 3.47. The van der Waals surface area contributed by atoms with Gasteiger partial charge in [-0.25, -0.2) is 0 Å². The van der Waals surface area contributed by atoms with E-state index >= 15 is 0 Å². The Balaban J connectivity index is 1.44. The Morgan fingerprint density at radius 3 is 2.96 bits per heavy atom. The molecule has 1 aromatic carbocycles. The van der Waals surface area contributed by atoms with Crippen molar-refractivity contribution in [1.82, 2.24) is 30.3 Å². The predicted molar refractivity (Wildman–Crippen MR) is 92.4 cm³/mol. The maximum absolute atomic E-state index is 4.30. The first kappa shape index (κ1) is 15.1. The third-order valence-electron chi connectivity index (χ3n) is 4.70. The molecular weight excluding hydrogens is 300 g/mol. The first-order valence-corrected chi connectivity index (χ1v) is 8.57. The predicted octanol–water partition coefficient (Wildman–Crippen LogP) is 2.34. The second kappa shape index (κ2) is 6.57. The van der Waals surface area contributed by atoms with E-state index in [1.165, 1.54) is 11.1 Å². The van der Waals surface area contributed by atoms with Gasteiger partial charge in [0.15, 0.2) is 0 Å². The van der Waals surface area contributed by atoms with E-state index in [0.29, 0.717) is 6.04 Å². The van der Waals surface area contributed by atoms with Gasteiger partial charge in [-0.05, 0) is 12.0 Å². The average molecular weight is 322 g/mol. The highest BCUT2D eigenvalue weighted by molar-refractivity contribution is 5.62. The van der Waals surface area contributed by atoms with Crippen molar-refractivity contribution < 1.29 is 0 Å². The van der Waals surface area contributed by atoms with Crippen molar-refractivity contribution in [2.75, 3.05) is 0 Å². The highest BCUT2D eigenvalue weighted by Crippen LogP contribution is 2.21. The van der Waals surface area contributed by atoms with Crippen LogP contribution in [0.1, 0.15) is 30.6 Å². The minimum atomic E-state index is 0.442. The molecule has 0 bridgehead atoms. The van der Waals surface area contributed by atoms with Gasteiger partial charge in [-0.1, -0.05) is 37.3 Å². The topological polar surface area (TPSA) is 71.4 Å². The molecule has 0 fully saturated rings. The molecule has 0 saturated carbocycles. The number of aryl methyl sites for hydroxylation is 2. The molecule has 0 amide bonds. The van der Waals surface area contributed by atoms with Crippen LogP contribution in [0.25, 0.3) is 11.3 Å². The van der Waals surface area contributed by atoms with Crippen LogP contribution in [0, 0.1) is 0 Å². The highest BCUT2D eigenvalue weighted by Gasteiger charge is 2.22. The van der Waals surface area contributed by atoms with E-state index in [-0.39, 0.29) is 0 Å². The summed E-state index contributed by atoms with van der Waals surface area (Å²) in [5, 5.41) is 19.6. The van der Waals surface area contributed by atoms with E-state index in [1.54, 1.807) is 0 Å². The van der Waals surface area contributed by atoms with Crippen LogP contribution < -0.4 is 5.32 Å². The molecule has 2 N–H and O–H groups in total. The highest BCUT2D eigenvalue weighted by atomic mass is 15.3. The van der Waals surface area contributed by atoms with Crippen LogP contribution in [0.15, 0.2) is 36.5 Å². The van der Waals surface area contributed by atoms with E-state index in [2.05, 4.69) is 49.3 Å². The van der Waals surface area contributed by atoms with Gasteiger partial charge in [0.1, 0.15) is 11.6 Å². The van der Waals surface area contributed by atoms with Crippen molar-refractivity contribution in [2.24, 2.45) is 0 Å². The quantitative estimate of drug-likeness (QED) is 0.756. The lowest BCUT2D eigenvalue weighted by Gasteiger charge is -2.25. The fraction of sp³-hybridized carbons (Fsp3) is 0.389. The number of rotatable bonds is 5. The van der Waals surface area contributed by atoms with E-state index in [4.69, 9.17) is 0 Å². The fourth-order valence-electron chi connectivity index (χ4n) is 3.37. The van der Waals surface area contributed by atoms with Crippen molar-refractivity contribution in [3.8, 4) is 11.3 Å². The standard InChI is InChI=1S/C18H22N6/c1-2-16-21-22-17-9-8-15(12-24(16)17)19-10-14-11-20-23-18(14)13-6-4-3-5-7-13/h3-7,11,15,19H,2,8-10,12H2,1H3,(H,20,23)/t15-/m0/s1. The lowest BCUT2D eigenvalue weighted by atomic mass is 10.1. The molecular formula is C18H22N6. The van der Waals surface area contributed by atoms with E-state index in [1.807, 2.05) is 24.4 Å². The molecule has 1 aliphatic rings. The second-order valence-electron chi connectivity index (χ2n) is 6.25. The summed E-state index contributed by atoms with van der Waals surface area (Å²) < 4.78 is 2.27. The third-order valence-corrected chi connectivity index (χ3v) is 4.70. The Morgan fingerprint density at radius 2 is 2.12 bits per heavy atom. The van der Waals surface area contributed by atoms with Gasteiger partial charge in [0.05, 0.1) is 11.9 Å². The SMILES string of the molecule is CCc1nnc2n1C[C@@H](NCc1cn[nH]c1-c1ccccc1)CC2. The van der Waals surface area contributed by atoms with Crippen LogP contribution in [0.3, 0.4) is 0 Å². The summed E-state index contributed by atoms with van der Waals surface area (Å²) >= 11 is 0. The molecule has 24 heavy (non-hydrogen) atoms. The monoisotopic (exact) mass is 322 g/mol. The minimum absolute atomic E-state index is 0.442. The van der Waals surface area contributed by atoms with Gasteiger partial charge in [-0.2, -0.15) is 5.10 Å². The second-order valence-corrected chi connectivity index (χ2v) is 6.25. The number of nitrogens with zero attached hydrogens (tertiary/aromatic N) is 4. The molecule has 4 rings (SSSR count). The molecule has 3 heterocycles. The van der Waals surface area contributed by atoms with Crippen molar-refractivity contribution >= 4 is 0 Å². The van der Waals surface area contributed by atoms with Gasteiger partial charge in [-0.15, -0.1) is 10.2 Å². The molecule has 2 aromatic heterocycles. The van der Waals surface area contributed by atoms with E-state index in [9.17, 15) is 0 Å². The molecule has 0 aliphatic carbocycles. The number of hydrogen-bond acceptors (Lipinski definition) is 4. The molecule has 3 aromatic rings. The van der Waals surface area contributed by atoms with Crippen molar-refractivity contribution in [1.29, 1.82) is 0 Å². The summed E-state index contributed by atoms with van der Waals surface area (Å²) in [6, 6.07) is 10.8. The number of nitrogens with one attached hydrogen (secondary N) is 2. The van der Waals surface area contributed by atoms with Gasteiger partial charge in [0.25, 0.3) is 0 Å². The van der Waals surface area contributed by atoms with Crippen LogP contribution in [0.4, 0.5) is 0 Å². The Bertz CT molecular complexity index is 791. The minimum Gasteiger partial charge on any atom is -0.313 e. The zero-order valence-electron chi connectivity index (χ0n) is 13.9. The van der Waals surface area contributed by atoms with E-state index in [0.717, 1.165) is 49.7 Å². The largest absolute Gasteiger partial charge is 0.313 e. The van der Waals surface area contributed by atoms with Gasteiger partial charge in [0.2, 0.25) is 0 Å². The maximum Gasteiger partial charge on any atom is 0.133 e. The molecule has 6 heteroatoms. The summed E-state index contributed by atoms with van der Waals surface area (Å²) in [6.45, 7) is 3.89. The first-order valence-electron chi connectivity index (χ1n) is 8.57. The molecule has 0 saturated heterocycles. The fourth-order valence-corrected chi connectivity index (χ4v) is 3.37. The Morgan fingerprint density at radius 1 is 1.25 bits per heavy atom. The number of hydrogen-bond donors (Lipinski definition) is 2. The van der Waals surface area contributed by atoms with E-state index < -0.39 is 0 Å². The van der Waals surface area contributed by atoms with Gasteiger partial charge in [-0.3, -0.25) is 5.10 Å². The maximum atomic E-state index is 4.30. The summed E-state index contributed by atoms with van der Waals surface area (Å²) in [4.78, 5) is 0. The summed E-state index contributed by atoms with van der Waals surface area (Å²) in [7, 11) is 0. The summed E-state index contributed by atoms with van der Waals surface area (Å²) in [5.74, 6) is 2.21. The Kier molecular flexibility index (Phi) is 4.13. The lowest BCUT2D eigenvalue weighted by Crippen LogP contribution is -2.37. The summed E-state index contributed by atoms with van der Waals surface area (Å²) in [6.07, 6.45) is 4.93. The third kappa shape index (κ3) is 2.85. The van der Waals surface area contributed by atoms with Gasteiger partial charge in [0, 0.05) is 37.5 Å². The number of aromatic amines is 1. The molecule has 6 nitrogen and oxygen atoms in total. The first-order chi connectivity index (χ1) is 11.8. The van der Waals surface area contributed by atoms with Gasteiger partial charge < -0.3 is 9.88 Å². The molecule has 0 spiro atoms. The smallest absolute Gasteiger partial charge is 0.133 e. The van der Waals surface area contributed by atoms with Crippen molar-refractivity contribution in [3.63, 3.8) is 0 Å². The van der Waals surface area contributed by atoms with Crippen LogP contribution in [-0.2, 0) is 25.9 Å². The Hall–Kier alpha value is -2.47. The normalized spacial score (nSPS) is 17.0. The van der Waals surface area contributed by atoms with Crippen molar-refractivity contribution in [3.05, 3.63) is 53.7 Å². The van der Waals surface area contributed by atoms with Crippen LogP contribution >= 0.6 is 0 Å². The number of H-pyrrole nitrogens is 1.